The molecule has 1 N–H and O–H groups in total. The van der Waals surface area contributed by atoms with E-state index in [1.54, 1.807) is 23.3 Å². The lowest BCUT2D eigenvalue weighted by atomic mass is 9.88. The Labute approximate surface area is 146 Å². The van der Waals surface area contributed by atoms with E-state index in [1.807, 2.05) is 29.6 Å². The third-order valence-corrected chi connectivity index (χ3v) is 5.68. The largest absolute Gasteiger partial charge is 0.322 e. The second-order valence-electron chi connectivity index (χ2n) is 6.48. The molecule has 24 heavy (non-hydrogen) atoms. The van der Waals surface area contributed by atoms with Gasteiger partial charge in [-0.1, -0.05) is 6.92 Å². The highest BCUT2D eigenvalue weighted by molar-refractivity contribution is 7.10. The summed E-state index contributed by atoms with van der Waals surface area (Å²) in [4.78, 5) is 26.9. The third kappa shape index (κ3) is 3.36. The standard InChI is InChI=1S/C19H22N2O2S/c1-12-4-9-16-17(11-24-18(16)10-12)19(23)20-14-5-7-15(8-6-14)21(3)13(2)22/h5-8,11-12H,4,9-10H2,1-3H3,(H,20,23). The second-order valence-corrected chi connectivity index (χ2v) is 7.44. The van der Waals surface area contributed by atoms with Crippen molar-refractivity contribution in [2.75, 3.05) is 17.3 Å². The summed E-state index contributed by atoms with van der Waals surface area (Å²) in [6.07, 6.45) is 3.22. The van der Waals surface area contributed by atoms with Crippen molar-refractivity contribution < 1.29 is 9.59 Å². The highest BCUT2D eigenvalue weighted by Crippen LogP contribution is 2.33. The minimum atomic E-state index is -0.0466. The first-order chi connectivity index (χ1) is 11.5. The maximum atomic E-state index is 12.6. The molecule has 0 aliphatic heterocycles. The van der Waals surface area contributed by atoms with Crippen LogP contribution in [-0.4, -0.2) is 18.9 Å². The Morgan fingerprint density at radius 3 is 2.62 bits per heavy atom. The average molecular weight is 342 g/mol. The molecule has 0 spiro atoms. The number of carbonyl (C=O) groups is 2. The fourth-order valence-corrected chi connectivity index (χ4v) is 4.26. The van der Waals surface area contributed by atoms with E-state index in [9.17, 15) is 9.59 Å². The molecule has 1 atom stereocenters. The molecule has 2 amide bonds. The molecule has 0 fully saturated rings. The fraction of sp³-hybridized carbons (Fsp3) is 0.368. The van der Waals surface area contributed by atoms with Gasteiger partial charge < -0.3 is 10.2 Å². The lowest BCUT2D eigenvalue weighted by molar-refractivity contribution is -0.116. The minimum Gasteiger partial charge on any atom is -0.322 e. The lowest BCUT2D eigenvalue weighted by Crippen LogP contribution is -2.22. The number of fused-ring (bicyclic) bond motifs is 1. The summed E-state index contributed by atoms with van der Waals surface area (Å²) in [5.41, 5.74) is 3.59. The van der Waals surface area contributed by atoms with Crippen molar-refractivity contribution in [3.8, 4) is 0 Å². The van der Waals surface area contributed by atoms with Crippen molar-refractivity contribution in [2.45, 2.75) is 33.1 Å². The predicted molar refractivity (Wildman–Crippen MR) is 99.0 cm³/mol. The second kappa shape index (κ2) is 6.77. The van der Waals surface area contributed by atoms with Crippen LogP contribution in [-0.2, 0) is 17.6 Å². The Kier molecular flexibility index (Phi) is 4.71. The van der Waals surface area contributed by atoms with E-state index >= 15 is 0 Å². The normalized spacial score (nSPS) is 16.4. The molecule has 1 unspecified atom stereocenters. The van der Waals surface area contributed by atoms with Crippen molar-refractivity contribution in [1.82, 2.24) is 0 Å². The van der Waals surface area contributed by atoms with Crippen LogP contribution in [0.2, 0.25) is 0 Å². The number of hydrogen-bond donors (Lipinski definition) is 1. The average Bonchev–Trinajstić information content (AvgIpc) is 2.97. The van der Waals surface area contributed by atoms with Gasteiger partial charge in [0.25, 0.3) is 5.91 Å². The number of rotatable bonds is 3. The maximum Gasteiger partial charge on any atom is 0.256 e. The Bertz CT molecular complexity index is 764. The van der Waals surface area contributed by atoms with E-state index in [0.29, 0.717) is 5.92 Å². The first kappa shape index (κ1) is 16.7. The van der Waals surface area contributed by atoms with E-state index in [4.69, 9.17) is 0 Å². The van der Waals surface area contributed by atoms with Crippen LogP contribution in [0.4, 0.5) is 11.4 Å². The van der Waals surface area contributed by atoms with E-state index in [1.165, 1.54) is 17.4 Å². The van der Waals surface area contributed by atoms with Crippen molar-refractivity contribution >= 4 is 34.5 Å². The molecular weight excluding hydrogens is 320 g/mol. The van der Waals surface area contributed by atoms with Gasteiger partial charge in [0.15, 0.2) is 0 Å². The summed E-state index contributed by atoms with van der Waals surface area (Å²) >= 11 is 1.70. The Hall–Kier alpha value is -2.14. The van der Waals surface area contributed by atoms with Gasteiger partial charge in [-0.25, -0.2) is 0 Å². The first-order valence-electron chi connectivity index (χ1n) is 8.20. The molecule has 2 aromatic rings. The number of anilines is 2. The van der Waals surface area contributed by atoms with Crippen LogP contribution in [0, 0.1) is 5.92 Å². The van der Waals surface area contributed by atoms with Crippen LogP contribution in [0.15, 0.2) is 29.6 Å². The third-order valence-electron chi connectivity index (χ3n) is 4.63. The monoisotopic (exact) mass is 342 g/mol. The highest BCUT2D eigenvalue weighted by atomic mass is 32.1. The summed E-state index contributed by atoms with van der Waals surface area (Å²) in [7, 11) is 1.73. The van der Waals surface area contributed by atoms with Gasteiger partial charge in [0.2, 0.25) is 5.91 Å². The van der Waals surface area contributed by atoms with Crippen molar-refractivity contribution in [3.05, 3.63) is 45.6 Å². The molecule has 1 aliphatic rings. The zero-order valence-corrected chi connectivity index (χ0v) is 15.1. The SMILES string of the molecule is CC(=O)N(C)c1ccc(NC(=O)c2csc3c2CCC(C)C3)cc1. The van der Waals surface area contributed by atoms with Gasteiger partial charge in [0.05, 0.1) is 5.56 Å². The molecule has 0 radical (unpaired) electrons. The zero-order chi connectivity index (χ0) is 17.3. The molecule has 4 nitrogen and oxygen atoms in total. The number of nitrogens with one attached hydrogen (secondary N) is 1. The number of hydrogen-bond acceptors (Lipinski definition) is 3. The summed E-state index contributed by atoms with van der Waals surface area (Å²) in [6, 6.07) is 7.32. The van der Waals surface area contributed by atoms with Crippen LogP contribution in [0.1, 0.15) is 41.1 Å². The number of carbonyl (C=O) groups excluding carboxylic acids is 2. The topological polar surface area (TPSA) is 49.4 Å². The van der Waals surface area contributed by atoms with Crippen LogP contribution in [0.25, 0.3) is 0 Å². The van der Waals surface area contributed by atoms with E-state index < -0.39 is 0 Å². The van der Waals surface area contributed by atoms with Gasteiger partial charge >= 0.3 is 0 Å². The van der Waals surface area contributed by atoms with Gasteiger partial charge in [0, 0.05) is 35.6 Å². The number of thiophene rings is 1. The summed E-state index contributed by atoms with van der Waals surface area (Å²) in [5.74, 6) is 0.638. The van der Waals surface area contributed by atoms with Crippen LogP contribution in [0.3, 0.4) is 0 Å². The molecule has 1 aromatic heterocycles. The Morgan fingerprint density at radius 2 is 1.96 bits per heavy atom. The smallest absolute Gasteiger partial charge is 0.256 e. The molecule has 3 rings (SSSR count). The predicted octanol–water partition coefficient (Wildman–Crippen LogP) is 4.11. The molecule has 126 valence electrons. The molecule has 0 bridgehead atoms. The summed E-state index contributed by atoms with van der Waals surface area (Å²) in [5, 5.41) is 4.95. The van der Waals surface area contributed by atoms with Gasteiger partial charge in [-0.2, -0.15) is 0 Å². The first-order valence-corrected chi connectivity index (χ1v) is 9.08. The van der Waals surface area contributed by atoms with Crippen LogP contribution < -0.4 is 10.2 Å². The number of amides is 2. The van der Waals surface area contributed by atoms with Gasteiger partial charge in [-0.3, -0.25) is 9.59 Å². The Morgan fingerprint density at radius 1 is 1.25 bits per heavy atom. The quantitative estimate of drug-likeness (QED) is 0.912. The van der Waals surface area contributed by atoms with Gasteiger partial charge in [-0.15, -0.1) is 11.3 Å². The minimum absolute atomic E-state index is 0.0223. The van der Waals surface area contributed by atoms with E-state index in [2.05, 4.69) is 12.2 Å². The van der Waals surface area contributed by atoms with E-state index in [-0.39, 0.29) is 11.8 Å². The maximum absolute atomic E-state index is 12.6. The van der Waals surface area contributed by atoms with Crippen molar-refractivity contribution in [2.24, 2.45) is 5.92 Å². The molecule has 1 aromatic carbocycles. The molecule has 5 heteroatoms. The Balaban J connectivity index is 1.73. The number of nitrogens with zero attached hydrogens (tertiary/aromatic N) is 1. The number of benzene rings is 1. The van der Waals surface area contributed by atoms with Crippen molar-refractivity contribution in [1.29, 1.82) is 0 Å². The zero-order valence-electron chi connectivity index (χ0n) is 14.3. The van der Waals surface area contributed by atoms with Crippen molar-refractivity contribution in [3.63, 3.8) is 0 Å². The molecular formula is C19H22N2O2S. The molecule has 0 saturated heterocycles. The van der Waals surface area contributed by atoms with E-state index in [0.717, 1.165) is 36.2 Å². The lowest BCUT2D eigenvalue weighted by Gasteiger charge is -2.19. The molecule has 0 saturated carbocycles. The molecule has 1 aliphatic carbocycles. The van der Waals surface area contributed by atoms with Crippen LogP contribution >= 0.6 is 11.3 Å². The highest BCUT2D eigenvalue weighted by Gasteiger charge is 2.23. The van der Waals surface area contributed by atoms with Crippen LogP contribution in [0.5, 0.6) is 0 Å². The summed E-state index contributed by atoms with van der Waals surface area (Å²) < 4.78 is 0. The van der Waals surface area contributed by atoms with Gasteiger partial charge in [-0.05, 0) is 55.0 Å². The fourth-order valence-electron chi connectivity index (χ4n) is 3.02. The summed E-state index contributed by atoms with van der Waals surface area (Å²) in [6.45, 7) is 3.79. The molecule has 1 heterocycles. The van der Waals surface area contributed by atoms with Gasteiger partial charge in [0.1, 0.15) is 0 Å².